The maximum Gasteiger partial charge on any atom is 0.344 e. The lowest BCUT2D eigenvalue weighted by molar-refractivity contribution is -0.132. The molecule has 0 spiro atoms. The Balaban J connectivity index is 1.84. The van der Waals surface area contributed by atoms with Crippen molar-refractivity contribution in [2.75, 3.05) is 0 Å². The molecule has 2 heterocycles. The van der Waals surface area contributed by atoms with Gasteiger partial charge in [0, 0.05) is 16.9 Å². The van der Waals surface area contributed by atoms with Crippen molar-refractivity contribution in [3.8, 4) is 0 Å². The standard InChI is InChI=1S/C16H13BrN4O3/c1-16(11-5-3-2-4-6-11)14(23)21(15(24)19-16)20-13(22)10-7-12(17)9-18-8-10/h2-9H,1H3,(H,19,24)(H,20,22)/t16-/m1/s1. The van der Waals surface area contributed by atoms with Crippen LogP contribution in [-0.2, 0) is 10.3 Å². The molecule has 1 aromatic carbocycles. The number of hydrogen-bond donors (Lipinski definition) is 2. The molecule has 1 saturated heterocycles. The van der Waals surface area contributed by atoms with Gasteiger partial charge in [-0.25, -0.2) is 4.79 Å². The van der Waals surface area contributed by atoms with Gasteiger partial charge < -0.3 is 5.32 Å². The number of urea groups is 1. The molecular weight excluding hydrogens is 376 g/mol. The summed E-state index contributed by atoms with van der Waals surface area (Å²) in [6.07, 6.45) is 2.87. The first-order valence-electron chi connectivity index (χ1n) is 7.05. The van der Waals surface area contributed by atoms with E-state index < -0.39 is 23.4 Å². The van der Waals surface area contributed by atoms with Gasteiger partial charge in [0.1, 0.15) is 5.54 Å². The number of carbonyl (C=O) groups is 3. The minimum absolute atomic E-state index is 0.221. The van der Waals surface area contributed by atoms with E-state index in [0.29, 0.717) is 15.0 Å². The highest BCUT2D eigenvalue weighted by molar-refractivity contribution is 9.10. The molecule has 0 unspecified atom stereocenters. The van der Waals surface area contributed by atoms with E-state index in [0.717, 1.165) is 0 Å². The van der Waals surface area contributed by atoms with Gasteiger partial charge in [-0.15, -0.1) is 0 Å². The zero-order chi connectivity index (χ0) is 17.3. The second kappa shape index (κ2) is 6.04. The fourth-order valence-corrected chi connectivity index (χ4v) is 2.77. The lowest BCUT2D eigenvalue weighted by atomic mass is 9.92. The Hall–Kier alpha value is -2.74. The number of rotatable bonds is 3. The first-order chi connectivity index (χ1) is 11.4. The summed E-state index contributed by atoms with van der Waals surface area (Å²) in [5, 5.41) is 3.30. The summed E-state index contributed by atoms with van der Waals surface area (Å²) >= 11 is 3.21. The number of imide groups is 1. The van der Waals surface area contributed by atoms with Gasteiger partial charge in [-0.1, -0.05) is 30.3 Å². The minimum Gasteiger partial charge on any atom is -0.318 e. The molecule has 1 atom stereocenters. The van der Waals surface area contributed by atoms with Crippen LogP contribution in [0.3, 0.4) is 0 Å². The smallest absolute Gasteiger partial charge is 0.318 e. The van der Waals surface area contributed by atoms with E-state index in [-0.39, 0.29) is 5.56 Å². The first kappa shape index (κ1) is 16.1. The molecule has 0 aliphatic carbocycles. The summed E-state index contributed by atoms with van der Waals surface area (Å²) < 4.78 is 0.612. The Kier molecular flexibility index (Phi) is 4.06. The second-order valence-electron chi connectivity index (χ2n) is 5.39. The maximum atomic E-state index is 12.7. The zero-order valence-corrected chi connectivity index (χ0v) is 14.2. The molecule has 4 amide bonds. The molecule has 8 heteroatoms. The normalized spacial score (nSPS) is 20.0. The quantitative estimate of drug-likeness (QED) is 0.786. The third-order valence-corrected chi connectivity index (χ3v) is 4.16. The van der Waals surface area contributed by atoms with Gasteiger partial charge in [0.05, 0.1) is 5.56 Å². The van der Waals surface area contributed by atoms with Crippen LogP contribution in [0.2, 0.25) is 0 Å². The fraction of sp³-hybridized carbons (Fsp3) is 0.125. The van der Waals surface area contributed by atoms with Crippen molar-refractivity contribution in [1.82, 2.24) is 20.7 Å². The van der Waals surface area contributed by atoms with Crippen LogP contribution in [-0.4, -0.2) is 27.8 Å². The van der Waals surface area contributed by atoms with Gasteiger partial charge in [-0.05, 0) is 34.5 Å². The van der Waals surface area contributed by atoms with E-state index in [2.05, 4.69) is 31.7 Å². The molecule has 1 aromatic heterocycles. The van der Waals surface area contributed by atoms with Crippen molar-refractivity contribution in [3.05, 3.63) is 64.4 Å². The molecular formula is C16H13BrN4O3. The molecule has 0 bridgehead atoms. The molecule has 1 aliphatic rings. The molecule has 2 aromatic rings. The van der Waals surface area contributed by atoms with Gasteiger partial charge in [0.25, 0.3) is 11.8 Å². The summed E-state index contributed by atoms with van der Waals surface area (Å²) in [7, 11) is 0. The zero-order valence-electron chi connectivity index (χ0n) is 12.6. The van der Waals surface area contributed by atoms with Crippen molar-refractivity contribution in [1.29, 1.82) is 0 Å². The van der Waals surface area contributed by atoms with Crippen LogP contribution in [0.4, 0.5) is 4.79 Å². The maximum absolute atomic E-state index is 12.7. The van der Waals surface area contributed by atoms with Crippen molar-refractivity contribution in [2.24, 2.45) is 0 Å². The number of amides is 4. The number of pyridine rings is 1. The summed E-state index contributed by atoms with van der Waals surface area (Å²) in [4.78, 5) is 41.0. The molecule has 24 heavy (non-hydrogen) atoms. The average molecular weight is 389 g/mol. The van der Waals surface area contributed by atoms with Crippen molar-refractivity contribution in [3.63, 3.8) is 0 Å². The number of hydrogen-bond acceptors (Lipinski definition) is 4. The summed E-state index contributed by atoms with van der Waals surface area (Å²) in [5.74, 6) is -1.17. The van der Waals surface area contributed by atoms with Crippen LogP contribution in [0.5, 0.6) is 0 Å². The van der Waals surface area contributed by atoms with Gasteiger partial charge in [0.15, 0.2) is 0 Å². The monoisotopic (exact) mass is 388 g/mol. The number of carbonyl (C=O) groups excluding carboxylic acids is 3. The number of aromatic nitrogens is 1. The topological polar surface area (TPSA) is 91.4 Å². The fourth-order valence-electron chi connectivity index (χ4n) is 2.41. The molecule has 1 fully saturated rings. The molecule has 0 saturated carbocycles. The van der Waals surface area contributed by atoms with E-state index in [1.165, 1.54) is 18.5 Å². The van der Waals surface area contributed by atoms with E-state index >= 15 is 0 Å². The molecule has 1 aliphatic heterocycles. The van der Waals surface area contributed by atoms with Gasteiger partial charge >= 0.3 is 6.03 Å². The lowest BCUT2D eigenvalue weighted by Crippen LogP contribution is -2.47. The summed E-state index contributed by atoms with van der Waals surface area (Å²) in [5.41, 5.74) is 1.93. The highest BCUT2D eigenvalue weighted by Gasteiger charge is 2.50. The Bertz CT molecular complexity index is 827. The van der Waals surface area contributed by atoms with Gasteiger partial charge in [-0.3, -0.25) is 20.0 Å². The Labute approximate surface area is 146 Å². The Morgan fingerprint density at radius 3 is 2.62 bits per heavy atom. The average Bonchev–Trinajstić information content (AvgIpc) is 2.80. The second-order valence-corrected chi connectivity index (χ2v) is 6.31. The van der Waals surface area contributed by atoms with E-state index in [4.69, 9.17) is 0 Å². The van der Waals surface area contributed by atoms with Crippen molar-refractivity contribution >= 4 is 33.8 Å². The predicted octanol–water partition coefficient (Wildman–Crippen LogP) is 1.96. The molecule has 2 N–H and O–H groups in total. The van der Waals surface area contributed by atoms with Crippen LogP contribution in [0.15, 0.2) is 53.3 Å². The van der Waals surface area contributed by atoms with E-state index in [1.807, 2.05) is 6.07 Å². The Morgan fingerprint density at radius 2 is 1.96 bits per heavy atom. The summed E-state index contributed by atoms with van der Waals surface area (Å²) in [6, 6.07) is 9.68. The largest absolute Gasteiger partial charge is 0.344 e. The van der Waals surface area contributed by atoms with Gasteiger partial charge in [-0.2, -0.15) is 5.01 Å². The Morgan fingerprint density at radius 1 is 1.25 bits per heavy atom. The van der Waals surface area contributed by atoms with Crippen LogP contribution >= 0.6 is 15.9 Å². The molecule has 122 valence electrons. The number of nitrogens with zero attached hydrogens (tertiary/aromatic N) is 2. The predicted molar refractivity (Wildman–Crippen MR) is 88.6 cm³/mol. The summed E-state index contributed by atoms with van der Waals surface area (Å²) in [6.45, 7) is 1.59. The number of hydrazine groups is 1. The van der Waals surface area contributed by atoms with Gasteiger partial charge in [0.2, 0.25) is 0 Å². The number of nitrogens with one attached hydrogen (secondary N) is 2. The van der Waals surface area contributed by atoms with Crippen LogP contribution in [0.25, 0.3) is 0 Å². The first-order valence-corrected chi connectivity index (χ1v) is 7.85. The van der Waals surface area contributed by atoms with E-state index in [9.17, 15) is 14.4 Å². The van der Waals surface area contributed by atoms with E-state index in [1.54, 1.807) is 31.2 Å². The van der Waals surface area contributed by atoms with Crippen molar-refractivity contribution in [2.45, 2.75) is 12.5 Å². The number of halogens is 1. The SMILES string of the molecule is C[C@]1(c2ccccc2)NC(=O)N(NC(=O)c2cncc(Br)c2)C1=O. The van der Waals surface area contributed by atoms with Crippen LogP contribution < -0.4 is 10.7 Å². The van der Waals surface area contributed by atoms with Crippen molar-refractivity contribution < 1.29 is 14.4 Å². The molecule has 7 nitrogen and oxygen atoms in total. The highest BCUT2D eigenvalue weighted by atomic mass is 79.9. The third kappa shape index (κ3) is 2.76. The molecule has 0 radical (unpaired) electrons. The lowest BCUT2D eigenvalue weighted by Gasteiger charge is -2.22. The van der Waals surface area contributed by atoms with Crippen LogP contribution in [0.1, 0.15) is 22.8 Å². The van der Waals surface area contributed by atoms with Crippen LogP contribution in [0, 0.1) is 0 Å². The highest BCUT2D eigenvalue weighted by Crippen LogP contribution is 2.27. The third-order valence-electron chi connectivity index (χ3n) is 3.72. The number of benzene rings is 1. The molecule has 3 rings (SSSR count). The minimum atomic E-state index is -1.23.